The minimum absolute atomic E-state index is 0.0630. The second kappa shape index (κ2) is 10.8. The number of hydrogen-bond acceptors (Lipinski definition) is 4. The van der Waals surface area contributed by atoms with Crippen LogP contribution in [0.5, 0.6) is 11.5 Å². The zero-order chi connectivity index (χ0) is 21.3. The molecule has 1 atom stereocenters. The van der Waals surface area contributed by atoms with Crippen molar-refractivity contribution in [1.29, 1.82) is 0 Å². The SMILES string of the molecule is COc1ccc(C(=O)CCCC(=O)N2CCCCCC2c2ccc(OC)cc2)cc1. The lowest BCUT2D eigenvalue weighted by atomic mass is 9.99. The molecular formula is C25H31NO4. The minimum Gasteiger partial charge on any atom is -0.497 e. The van der Waals surface area contributed by atoms with Crippen molar-refractivity contribution >= 4 is 11.7 Å². The fourth-order valence-electron chi connectivity index (χ4n) is 4.04. The fraction of sp³-hybridized carbons (Fsp3) is 0.440. The Hall–Kier alpha value is -2.82. The predicted octanol–water partition coefficient (Wildman–Crippen LogP) is 5.20. The number of carbonyl (C=O) groups excluding carboxylic acids is 2. The van der Waals surface area contributed by atoms with Gasteiger partial charge in [-0.05, 0) is 61.2 Å². The topological polar surface area (TPSA) is 55.8 Å². The van der Waals surface area contributed by atoms with Crippen LogP contribution in [0.2, 0.25) is 0 Å². The van der Waals surface area contributed by atoms with E-state index in [1.807, 2.05) is 17.0 Å². The Morgan fingerprint density at radius 3 is 2.13 bits per heavy atom. The number of carbonyl (C=O) groups is 2. The average Bonchev–Trinajstić information content (AvgIpc) is 3.05. The Balaban J connectivity index is 1.59. The number of Topliss-reactive ketones (excluding diaryl/α,β-unsaturated/α-hetero) is 1. The van der Waals surface area contributed by atoms with E-state index in [1.54, 1.807) is 38.5 Å². The van der Waals surface area contributed by atoms with Gasteiger partial charge in [0.05, 0.1) is 20.3 Å². The van der Waals surface area contributed by atoms with Crippen molar-refractivity contribution in [2.75, 3.05) is 20.8 Å². The van der Waals surface area contributed by atoms with Gasteiger partial charge in [-0.25, -0.2) is 0 Å². The highest BCUT2D eigenvalue weighted by Gasteiger charge is 2.26. The molecule has 0 bridgehead atoms. The zero-order valence-corrected chi connectivity index (χ0v) is 17.9. The van der Waals surface area contributed by atoms with Gasteiger partial charge < -0.3 is 14.4 Å². The van der Waals surface area contributed by atoms with Gasteiger partial charge in [-0.3, -0.25) is 9.59 Å². The molecule has 0 spiro atoms. The van der Waals surface area contributed by atoms with Crippen molar-refractivity contribution in [1.82, 2.24) is 4.90 Å². The van der Waals surface area contributed by atoms with Gasteiger partial charge in [0.25, 0.3) is 0 Å². The second-order valence-corrected chi connectivity index (χ2v) is 7.73. The van der Waals surface area contributed by atoms with Gasteiger partial charge >= 0.3 is 0 Å². The number of methoxy groups -OCH3 is 2. The van der Waals surface area contributed by atoms with Crippen LogP contribution in [-0.4, -0.2) is 37.4 Å². The maximum absolute atomic E-state index is 13.0. The van der Waals surface area contributed by atoms with E-state index in [4.69, 9.17) is 9.47 Å². The van der Waals surface area contributed by atoms with E-state index in [0.717, 1.165) is 49.3 Å². The lowest BCUT2D eigenvalue weighted by molar-refractivity contribution is -0.133. The van der Waals surface area contributed by atoms with Gasteiger partial charge in [0.2, 0.25) is 5.91 Å². The Bertz CT molecular complexity index is 829. The van der Waals surface area contributed by atoms with Gasteiger partial charge in [-0.1, -0.05) is 25.0 Å². The molecule has 30 heavy (non-hydrogen) atoms. The van der Waals surface area contributed by atoms with E-state index >= 15 is 0 Å². The number of hydrogen-bond donors (Lipinski definition) is 0. The largest absolute Gasteiger partial charge is 0.497 e. The quantitative estimate of drug-likeness (QED) is 0.562. The number of ketones is 1. The zero-order valence-electron chi connectivity index (χ0n) is 17.9. The van der Waals surface area contributed by atoms with Crippen molar-refractivity contribution in [2.24, 2.45) is 0 Å². The van der Waals surface area contributed by atoms with E-state index in [0.29, 0.717) is 24.8 Å². The van der Waals surface area contributed by atoms with Crippen LogP contribution in [0.1, 0.15) is 66.9 Å². The van der Waals surface area contributed by atoms with Crippen molar-refractivity contribution < 1.29 is 19.1 Å². The smallest absolute Gasteiger partial charge is 0.223 e. The molecule has 1 aliphatic heterocycles. The highest BCUT2D eigenvalue weighted by molar-refractivity contribution is 5.96. The molecule has 3 rings (SSSR count). The molecule has 160 valence electrons. The minimum atomic E-state index is 0.0630. The van der Waals surface area contributed by atoms with Crippen LogP contribution in [0, 0.1) is 0 Å². The first-order valence-electron chi connectivity index (χ1n) is 10.7. The maximum Gasteiger partial charge on any atom is 0.223 e. The second-order valence-electron chi connectivity index (χ2n) is 7.73. The summed E-state index contributed by atoms with van der Waals surface area (Å²) in [7, 11) is 3.26. The van der Waals surface area contributed by atoms with Crippen molar-refractivity contribution in [2.45, 2.75) is 51.0 Å². The number of amides is 1. The molecule has 2 aromatic carbocycles. The maximum atomic E-state index is 13.0. The first-order chi connectivity index (χ1) is 14.6. The Labute approximate surface area is 179 Å². The van der Waals surface area contributed by atoms with Crippen molar-refractivity contribution in [3.8, 4) is 11.5 Å². The lowest BCUT2D eigenvalue weighted by Crippen LogP contribution is -2.34. The van der Waals surface area contributed by atoms with Crippen LogP contribution in [-0.2, 0) is 4.79 Å². The normalized spacial score (nSPS) is 16.6. The summed E-state index contributed by atoms with van der Waals surface area (Å²) in [5, 5.41) is 0. The van der Waals surface area contributed by atoms with Crippen LogP contribution in [0.15, 0.2) is 48.5 Å². The number of nitrogens with zero attached hydrogens (tertiary/aromatic N) is 1. The highest BCUT2D eigenvalue weighted by atomic mass is 16.5. The summed E-state index contributed by atoms with van der Waals surface area (Å²) in [6.45, 7) is 0.780. The van der Waals surface area contributed by atoms with Gasteiger partial charge in [0.15, 0.2) is 5.78 Å². The highest BCUT2D eigenvalue weighted by Crippen LogP contribution is 2.32. The molecule has 0 N–H and O–H groups in total. The van der Waals surface area contributed by atoms with Crippen LogP contribution >= 0.6 is 0 Å². The molecule has 5 heteroatoms. The van der Waals surface area contributed by atoms with E-state index in [1.165, 1.54) is 0 Å². The first kappa shape index (κ1) is 21.9. The molecule has 1 aliphatic rings. The summed E-state index contributed by atoms with van der Waals surface area (Å²) in [5.74, 6) is 1.75. The molecule has 0 aliphatic carbocycles. The number of benzene rings is 2. The molecule has 1 saturated heterocycles. The average molecular weight is 410 g/mol. The van der Waals surface area contributed by atoms with Crippen LogP contribution in [0.4, 0.5) is 0 Å². The Morgan fingerprint density at radius 2 is 1.50 bits per heavy atom. The van der Waals surface area contributed by atoms with E-state index in [2.05, 4.69) is 12.1 Å². The molecule has 1 unspecified atom stereocenters. The number of likely N-dealkylation sites (tertiary alicyclic amines) is 1. The summed E-state index contributed by atoms with van der Waals surface area (Å²) in [4.78, 5) is 27.5. The lowest BCUT2D eigenvalue weighted by Gasteiger charge is -2.30. The Morgan fingerprint density at radius 1 is 0.867 bits per heavy atom. The van der Waals surface area contributed by atoms with Gasteiger partial charge in [-0.2, -0.15) is 0 Å². The summed E-state index contributed by atoms with van der Waals surface area (Å²) < 4.78 is 10.4. The first-order valence-corrected chi connectivity index (χ1v) is 10.7. The van der Waals surface area contributed by atoms with E-state index < -0.39 is 0 Å². The fourth-order valence-corrected chi connectivity index (χ4v) is 4.04. The third-order valence-corrected chi connectivity index (χ3v) is 5.78. The summed E-state index contributed by atoms with van der Waals surface area (Å²) in [6, 6.07) is 15.2. The van der Waals surface area contributed by atoms with Crippen LogP contribution in [0.25, 0.3) is 0 Å². The molecule has 2 aromatic rings. The molecule has 5 nitrogen and oxygen atoms in total. The molecule has 0 saturated carbocycles. The molecule has 1 fully saturated rings. The van der Waals surface area contributed by atoms with Gasteiger partial charge in [-0.15, -0.1) is 0 Å². The van der Waals surface area contributed by atoms with Gasteiger partial charge in [0, 0.05) is 24.9 Å². The Kier molecular flexibility index (Phi) is 7.89. The molecule has 0 radical (unpaired) electrons. The van der Waals surface area contributed by atoms with E-state index in [9.17, 15) is 9.59 Å². The number of rotatable bonds is 8. The van der Waals surface area contributed by atoms with Crippen LogP contribution in [0.3, 0.4) is 0 Å². The third kappa shape index (κ3) is 5.62. The third-order valence-electron chi connectivity index (χ3n) is 5.78. The monoisotopic (exact) mass is 409 g/mol. The standard InChI is InChI=1S/C25H31NO4/c1-29-21-14-10-19(11-15-21)23-7-4-3-5-18-26(23)25(28)9-6-8-24(27)20-12-16-22(30-2)17-13-20/h10-17,23H,3-9,18H2,1-2H3. The van der Waals surface area contributed by atoms with Crippen molar-refractivity contribution in [3.05, 3.63) is 59.7 Å². The number of ether oxygens (including phenoxy) is 2. The molecule has 0 aromatic heterocycles. The summed E-state index contributed by atoms with van der Waals surface area (Å²) >= 11 is 0. The van der Waals surface area contributed by atoms with Crippen molar-refractivity contribution in [3.63, 3.8) is 0 Å². The predicted molar refractivity (Wildman–Crippen MR) is 117 cm³/mol. The summed E-state index contributed by atoms with van der Waals surface area (Å²) in [5.41, 5.74) is 1.81. The molecule has 1 heterocycles. The van der Waals surface area contributed by atoms with Gasteiger partial charge in [0.1, 0.15) is 11.5 Å². The summed E-state index contributed by atoms with van der Waals surface area (Å²) in [6.07, 6.45) is 5.61. The van der Waals surface area contributed by atoms with E-state index in [-0.39, 0.29) is 17.7 Å². The molecular weight excluding hydrogens is 378 g/mol. The molecule has 1 amide bonds. The van der Waals surface area contributed by atoms with Crippen LogP contribution < -0.4 is 9.47 Å².